The Morgan fingerprint density at radius 2 is 1.95 bits per heavy atom. The van der Waals surface area contributed by atoms with Gasteiger partial charge in [-0.1, -0.05) is 13.8 Å². The molecule has 0 aliphatic rings. The number of thiophene rings is 1. The fraction of sp³-hybridized carbons (Fsp3) is 0.688. The van der Waals surface area contributed by atoms with Crippen molar-refractivity contribution in [1.29, 1.82) is 0 Å². The molecule has 0 spiro atoms. The molecule has 0 saturated carbocycles. The molecule has 0 atom stereocenters. The summed E-state index contributed by atoms with van der Waals surface area (Å²) in [6.07, 6.45) is 1.50. The molecule has 4 nitrogen and oxygen atoms in total. The second-order valence-electron chi connectivity index (χ2n) is 6.39. The monoisotopic (exact) mass is 390 g/mol. The van der Waals surface area contributed by atoms with Gasteiger partial charge in [0.05, 0.1) is 0 Å². The van der Waals surface area contributed by atoms with Crippen LogP contribution in [0.3, 0.4) is 0 Å². The van der Waals surface area contributed by atoms with Crippen molar-refractivity contribution < 1.29 is 9.53 Å². The van der Waals surface area contributed by atoms with Gasteiger partial charge in [0, 0.05) is 28.0 Å². The first kappa shape index (κ1) is 19.5. The van der Waals surface area contributed by atoms with Crippen LogP contribution in [-0.4, -0.2) is 23.8 Å². The molecular weight excluding hydrogens is 364 g/mol. The van der Waals surface area contributed by atoms with Crippen LogP contribution in [-0.2, 0) is 11.3 Å². The zero-order valence-corrected chi connectivity index (χ0v) is 16.5. The molecule has 0 aliphatic heterocycles. The van der Waals surface area contributed by atoms with E-state index in [0.29, 0.717) is 6.54 Å². The van der Waals surface area contributed by atoms with Gasteiger partial charge in [0.1, 0.15) is 5.60 Å². The molecular formula is C16H27BrN2O2S. The number of rotatable bonds is 7. The van der Waals surface area contributed by atoms with Gasteiger partial charge in [-0.05, 0) is 61.0 Å². The quantitative estimate of drug-likeness (QED) is 0.709. The summed E-state index contributed by atoms with van der Waals surface area (Å²) in [5.41, 5.74) is -0.596. The minimum atomic E-state index is -0.472. The number of amides is 1. The van der Waals surface area contributed by atoms with Crippen LogP contribution in [0, 0.1) is 0 Å². The highest BCUT2D eigenvalue weighted by molar-refractivity contribution is 9.10. The average molecular weight is 391 g/mol. The highest BCUT2D eigenvalue weighted by Gasteiger charge is 2.27. The highest BCUT2D eigenvalue weighted by Crippen LogP contribution is 2.24. The van der Waals surface area contributed by atoms with E-state index in [0.717, 1.165) is 23.9 Å². The second kappa shape index (κ2) is 8.31. The van der Waals surface area contributed by atoms with E-state index in [1.807, 2.05) is 20.8 Å². The van der Waals surface area contributed by atoms with Crippen molar-refractivity contribution in [3.05, 3.63) is 20.8 Å². The van der Waals surface area contributed by atoms with Crippen molar-refractivity contribution >= 4 is 33.4 Å². The lowest BCUT2D eigenvalue weighted by Crippen LogP contribution is -2.53. The molecule has 1 aromatic rings. The molecule has 0 aromatic carbocycles. The normalized spacial score (nSPS) is 12.3. The van der Waals surface area contributed by atoms with Crippen LogP contribution in [0.25, 0.3) is 0 Å². The van der Waals surface area contributed by atoms with Crippen molar-refractivity contribution in [1.82, 2.24) is 10.6 Å². The molecule has 2 N–H and O–H groups in total. The standard InChI is InChI=1S/C16H27BrN2O2S/c1-6-16(7-2,11-18-14(20)21-15(3,4)5)19-10-13-12(17)8-9-22-13/h8-9,19H,6-7,10-11H2,1-5H3,(H,18,20). The number of nitrogens with one attached hydrogen (secondary N) is 2. The van der Waals surface area contributed by atoms with E-state index in [9.17, 15) is 4.79 Å². The molecule has 126 valence electrons. The van der Waals surface area contributed by atoms with Gasteiger partial charge in [-0.25, -0.2) is 4.79 Å². The average Bonchev–Trinajstić information content (AvgIpc) is 2.83. The zero-order chi connectivity index (χ0) is 16.8. The molecule has 0 radical (unpaired) electrons. The van der Waals surface area contributed by atoms with Crippen LogP contribution in [0.4, 0.5) is 4.79 Å². The van der Waals surface area contributed by atoms with E-state index in [1.54, 1.807) is 11.3 Å². The van der Waals surface area contributed by atoms with Gasteiger partial charge < -0.3 is 15.4 Å². The van der Waals surface area contributed by atoms with Gasteiger partial charge in [-0.2, -0.15) is 0 Å². The molecule has 0 unspecified atom stereocenters. The first-order chi connectivity index (χ1) is 10.2. The Kier molecular flexibility index (Phi) is 7.35. The van der Waals surface area contributed by atoms with Crippen molar-refractivity contribution in [3.8, 4) is 0 Å². The third-order valence-electron chi connectivity index (χ3n) is 3.64. The lowest BCUT2D eigenvalue weighted by atomic mass is 9.92. The first-order valence-electron chi connectivity index (χ1n) is 7.65. The van der Waals surface area contributed by atoms with Gasteiger partial charge in [0.2, 0.25) is 0 Å². The summed E-state index contributed by atoms with van der Waals surface area (Å²) in [6.45, 7) is 11.2. The van der Waals surface area contributed by atoms with Crippen molar-refractivity contribution in [2.75, 3.05) is 6.54 Å². The Bertz CT molecular complexity index is 479. The van der Waals surface area contributed by atoms with E-state index in [2.05, 4.69) is 51.9 Å². The fourth-order valence-corrected chi connectivity index (χ4v) is 3.52. The Labute approximate surface area is 146 Å². The van der Waals surface area contributed by atoms with Crippen LogP contribution >= 0.6 is 27.3 Å². The number of alkyl carbamates (subject to hydrolysis) is 1. The van der Waals surface area contributed by atoms with Crippen LogP contribution in [0.15, 0.2) is 15.9 Å². The first-order valence-corrected chi connectivity index (χ1v) is 9.32. The minimum Gasteiger partial charge on any atom is -0.444 e. The van der Waals surface area contributed by atoms with Gasteiger partial charge in [-0.15, -0.1) is 11.3 Å². The van der Waals surface area contributed by atoms with Crippen molar-refractivity contribution in [3.63, 3.8) is 0 Å². The summed E-state index contributed by atoms with van der Waals surface area (Å²) >= 11 is 5.28. The summed E-state index contributed by atoms with van der Waals surface area (Å²) in [6, 6.07) is 2.06. The maximum atomic E-state index is 11.9. The molecule has 1 aromatic heterocycles. The molecule has 0 saturated heterocycles. The van der Waals surface area contributed by atoms with Crippen LogP contribution in [0.2, 0.25) is 0 Å². The maximum absolute atomic E-state index is 11.9. The largest absolute Gasteiger partial charge is 0.444 e. The van der Waals surface area contributed by atoms with E-state index >= 15 is 0 Å². The van der Waals surface area contributed by atoms with E-state index in [1.165, 1.54) is 4.88 Å². The van der Waals surface area contributed by atoms with Gasteiger partial charge in [0.15, 0.2) is 0 Å². The van der Waals surface area contributed by atoms with Gasteiger partial charge in [-0.3, -0.25) is 0 Å². The van der Waals surface area contributed by atoms with E-state index in [4.69, 9.17) is 4.74 Å². The summed E-state index contributed by atoms with van der Waals surface area (Å²) in [5.74, 6) is 0. The third kappa shape index (κ3) is 6.26. The van der Waals surface area contributed by atoms with Gasteiger partial charge in [0.25, 0.3) is 0 Å². The molecule has 6 heteroatoms. The molecule has 1 amide bonds. The zero-order valence-electron chi connectivity index (χ0n) is 14.1. The third-order valence-corrected chi connectivity index (χ3v) is 5.56. The second-order valence-corrected chi connectivity index (χ2v) is 8.24. The molecule has 0 aliphatic carbocycles. The summed E-state index contributed by atoms with van der Waals surface area (Å²) in [5, 5.41) is 8.57. The number of carbonyl (C=O) groups excluding carboxylic acids is 1. The topological polar surface area (TPSA) is 50.4 Å². The number of hydrogen-bond acceptors (Lipinski definition) is 4. The van der Waals surface area contributed by atoms with Crippen molar-refractivity contribution in [2.45, 2.75) is 65.1 Å². The Morgan fingerprint density at radius 1 is 1.32 bits per heavy atom. The molecule has 0 fully saturated rings. The molecule has 22 heavy (non-hydrogen) atoms. The van der Waals surface area contributed by atoms with Crippen LogP contribution < -0.4 is 10.6 Å². The van der Waals surface area contributed by atoms with E-state index in [-0.39, 0.29) is 11.6 Å². The van der Waals surface area contributed by atoms with Gasteiger partial charge >= 0.3 is 6.09 Å². The van der Waals surface area contributed by atoms with E-state index < -0.39 is 5.60 Å². The number of hydrogen-bond donors (Lipinski definition) is 2. The fourth-order valence-electron chi connectivity index (χ4n) is 2.09. The molecule has 1 rings (SSSR count). The smallest absolute Gasteiger partial charge is 0.407 e. The lowest BCUT2D eigenvalue weighted by molar-refractivity contribution is 0.0507. The maximum Gasteiger partial charge on any atom is 0.407 e. The summed E-state index contributed by atoms with van der Waals surface area (Å²) in [4.78, 5) is 13.1. The molecule has 0 bridgehead atoms. The Morgan fingerprint density at radius 3 is 2.41 bits per heavy atom. The number of halogens is 1. The lowest BCUT2D eigenvalue weighted by Gasteiger charge is -2.33. The van der Waals surface area contributed by atoms with Crippen molar-refractivity contribution in [2.24, 2.45) is 0 Å². The van der Waals surface area contributed by atoms with Crippen LogP contribution in [0.1, 0.15) is 52.3 Å². The van der Waals surface area contributed by atoms with Crippen LogP contribution in [0.5, 0.6) is 0 Å². The number of carbonyl (C=O) groups is 1. The Hall–Kier alpha value is -0.590. The Balaban J connectivity index is 2.59. The molecule has 1 heterocycles. The minimum absolute atomic E-state index is 0.125. The summed E-state index contributed by atoms with van der Waals surface area (Å²) < 4.78 is 6.44. The summed E-state index contributed by atoms with van der Waals surface area (Å²) in [7, 11) is 0. The number of ether oxygens (including phenoxy) is 1. The predicted molar refractivity (Wildman–Crippen MR) is 96.4 cm³/mol. The SMILES string of the molecule is CCC(CC)(CNC(=O)OC(C)(C)C)NCc1sccc1Br. The highest BCUT2D eigenvalue weighted by atomic mass is 79.9. The predicted octanol–water partition coefficient (Wildman–Crippen LogP) is 4.68.